The van der Waals surface area contributed by atoms with E-state index in [1.54, 1.807) is 0 Å². The normalized spacial score (nSPS) is 20.0. The van der Waals surface area contributed by atoms with E-state index in [-0.39, 0.29) is 12.8 Å². The summed E-state index contributed by atoms with van der Waals surface area (Å²) < 4.78 is 11.1. The third-order valence-corrected chi connectivity index (χ3v) is 15.3. The molecular formula is C61H119NO10. The van der Waals surface area contributed by atoms with Crippen LogP contribution in [0.4, 0.5) is 0 Å². The van der Waals surface area contributed by atoms with Crippen LogP contribution < -0.4 is 5.32 Å². The molecule has 0 aromatic heterocycles. The van der Waals surface area contributed by atoms with Crippen molar-refractivity contribution in [2.45, 2.75) is 358 Å². The fraction of sp³-hybridized carbons (Fsp3) is 0.951. The lowest BCUT2D eigenvalue weighted by Crippen LogP contribution is -2.60. The van der Waals surface area contributed by atoms with Crippen molar-refractivity contribution in [3.63, 3.8) is 0 Å². The Kier molecular flexibility index (Phi) is 48.4. The Bertz CT molecular complexity index is 1180. The van der Waals surface area contributed by atoms with Crippen LogP contribution in [0.15, 0.2) is 12.2 Å². The SMILES string of the molecule is CCCCCCCCCCCCC/C=C/CCCC(O)C(O)C(COC1OC(CO)C(O)C(O)C1O)NC(=O)C(O)CCCCCCCCCCCCCCCCCCCCCCCCCCCCCCC. The molecule has 1 amide bonds. The predicted octanol–water partition coefficient (Wildman–Crippen LogP) is 13.5. The molecule has 11 nitrogen and oxygen atoms in total. The van der Waals surface area contributed by atoms with Crippen LogP contribution in [0.1, 0.15) is 303 Å². The van der Waals surface area contributed by atoms with E-state index >= 15 is 0 Å². The summed E-state index contributed by atoms with van der Waals surface area (Å²) in [6, 6.07) is -1.18. The Labute approximate surface area is 442 Å². The van der Waals surface area contributed by atoms with Gasteiger partial charge in [0.15, 0.2) is 6.29 Å². The minimum absolute atomic E-state index is 0.260. The van der Waals surface area contributed by atoms with Gasteiger partial charge in [-0.05, 0) is 38.5 Å². The Hall–Kier alpha value is -1.15. The molecule has 1 aliphatic heterocycles. The van der Waals surface area contributed by atoms with E-state index < -0.39 is 74.2 Å². The van der Waals surface area contributed by atoms with Crippen LogP contribution >= 0.6 is 0 Å². The van der Waals surface area contributed by atoms with Crippen molar-refractivity contribution in [3.8, 4) is 0 Å². The van der Waals surface area contributed by atoms with Gasteiger partial charge in [0, 0.05) is 0 Å². The van der Waals surface area contributed by atoms with Crippen molar-refractivity contribution < 1.29 is 50.0 Å². The largest absolute Gasteiger partial charge is 0.394 e. The minimum atomic E-state index is -1.66. The molecule has 1 fully saturated rings. The van der Waals surface area contributed by atoms with Gasteiger partial charge in [-0.3, -0.25) is 4.79 Å². The number of aliphatic hydroxyl groups excluding tert-OH is 7. The van der Waals surface area contributed by atoms with Crippen molar-refractivity contribution >= 4 is 5.91 Å². The van der Waals surface area contributed by atoms with Gasteiger partial charge in [0.05, 0.1) is 25.4 Å². The van der Waals surface area contributed by atoms with E-state index in [0.29, 0.717) is 12.8 Å². The Morgan fingerprint density at radius 2 is 0.819 bits per heavy atom. The summed E-state index contributed by atoms with van der Waals surface area (Å²) in [7, 11) is 0. The zero-order chi connectivity index (χ0) is 52.5. The fourth-order valence-electron chi connectivity index (χ4n) is 10.3. The first-order valence-electron chi connectivity index (χ1n) is 31.1. The van der Waals surface area contributed by atoms with Crippen molar-refractivity contribution in [3.05, 3.63) is 12.2 Å². The maximum absolute atomic E-state index is 13.2. The molecule has 1 heterocycles. The van der Waals surface area contributed by atoms with Gasteiger partial charge < -0.3 is 50.5 Å². The topological polar surface area (TPSA) is 189 Å². The smallest absolute Gasteiger partial charge is 0.249 e. The monoisotopic (exact) mass is 1030 g/mol. The van der Waals surface area contributed by atoms with E-state index in [1.165, 1.54) is 225 Å². The molecule has 9 atom stereocenters. The number of hydrogen-bond donors (Lipinski definition) is 8. The minimum Gasteiger partial charge on any atom is -0.394 e. The molecule has 9 unspecified atom stereocenters. The number of carbonyl (C=O) groups excluding carboxylic acids is 1. The summed E-state index contributed by atoms with van der Waals surface area (Å²) in [4.78, 5) is 13.2. The summed E-state index contributed by atoms with van der Waals surface area (Å²) in [5.41, 5.74) is 0. The molecule has 428 valence electrons. The van der Waals surface area contributed by atoms with Crippen molar-refractivity contribution in [2.24, 2.45) is 0 Å². The molecule has 1 rings (SSSR count). The number of amides is 1. The molecule has 8 N–H and O–H groups in total. The molecule has 0 bridgehead atoms. The summed E-state index contributed by atoms with van der Waals surface area (Å²) in [6.45, 7) is 3.48. The van der Waals surface area contributed by atoms with Crippen LogP contribution in [0.3, 0.4) is 0 Å². The summed E-state index contributed by atoms with van der Waals surface area (Å²) >= 11 is 0. The summed E-state index contributed by atoms with van der Waals surface area (Å²) in [5, 5.41) is 76.1. The number of unbranched alkanes of at least 4 members (excludes halogenated alkanes) is 40. The Balaban J connectivity index is 2.22. The average molecular weight is 1030 g/mol. The van der Waals surface area contributed by atoms with Gasteiger partial charge in [-0.1, -0.05) is 276 Å². The van der Waals surface area contributed by atoms with E-state index in [4.69, 9.17) is 9.47 Å². The second-order valence-electron chi connectivity index (χ2n) is 22.1. The molecule has 0 saturated carbocycles. The highest BCUT2D eigenvalue weighted by molar-refractivity contribution is 5.80. The standard InChI is InChI=1S/C61H119NO10/c1-3-5-7-9-11-13-15-17-19-21-22-23-24-25-26-27-28-29-30-31-32-33-35-37-39-41-43-45-47-49-54(65)60(70)62-52(51-71-61-59(69)58(68)57(67)55(50-63)72-61)56(66)53(64)48-46-44-42-40-38-36-34-20-18-16-14-12-10-8-6-4-2/h40,42,52-59,61,63-69H,3-39,41,43-51H2,1-2H3,(H,62,70)/b42-40+. The van der Waals surface area contributed by atoms with Crippen LogP contribution in [0.2, 0.25) is 0 Å². The molecule has 11 heteroatoms. The maximum Gasteiger partial charge on any atom is 0.249 e. The molecule has 1 saturated heterocycles. The predicted molar refractivity (Wildman–Crippen MR) is 298 cm³/mol. The van der Waals surface area contributed by atoms with E-state index in [2.05, 4.69) is 31.3 Å². The van der Waals surface area contributed by atoms with Gasteiger partial charge in [-0.15, -0.1) is 0 Å². The van der Waals surface area contributed by atoms with Crippen molar-refractivity contribution in [1.82, 2.24) is 5.32 Å². The van der Waals surface area contributed by atoms with Crippen molar-refractivity contribution in [2.75, 3.05) is 13.2 Å². The van der Waals surface area contributed by atoms with Crippen LogP contribution in [-0.4, -0.2) is 110 Å². The van der Waals surface area contributed by atoms with Gasteiger partial charge in [-0.2, -0.15) is 0 Å². The lowest BCUT2D eigenvalue weighted by Gasteiger charge is -2.40. The third kappa shape index (κ3) is 38.4. The Morgan fingerprint density at radius 1 is 0.472 bits per heavy atom. The fourth-order valence-corrected chi connectivity index (χ4v) is 10.3. The van der Waals surface area contributed by atoms with Gasteiger partial charge >= 0.3 is 0 Å². The van der Waals surface area contributed by atoms with Gasteiger partial charge in [0.2, 0.25) is 5.91 Å². The van der Waals surface area contributed by atoms with E-state index in [1.807, 2.05) is 0 Å². The highest BCUT2D eigenvalue weighted by Crippen LogP contribution is 2.24. The van der Waals surface area contributed by atoms with E-state index in [0.717, 1.165) is 38.5 Å². The highest BCUT2D eigenvalue weighted by Gasteiger charge is 2.44. The Morgan fingerprint density at radius 3 is 1.19 bits per heavy atom. The summed E-state index contributed by atoms with van der Waals surface area (Å²) in [6.07, 6.45) is 48.6. The second-order valence-corrected chi connectivity index (χ2v) is 22.1. The van der Waals surface area contributed by atoms with E-state index in [9.17, 15) is 40.5 Å². The number of allylic oxidation sites excluding steroid dienone is 2. The first-order chi connectivity index (χ1) is 35.2. The maximum atomic E-state index is 13.2. The number of aliphatic hydroxyl groups is 7. The lowest BCUT2D eigenvalue weighted by atomic mass is 9.98. The first kappa shape index (κ1) is 68.9. The van der Waals surface area contributed by atoms with Crippen LogP contribution in [0.5, 0.6) is 0 Å². The molecule has 0 spiro atoms. The van der Waals surface area contributed by atoms with Gasteiger partial charge in [0.1, 0.15) is 36.6 Å². The quantitative estimate of drug-likeness (QED) is 0.0215. The molecule has 0 radical (unpaired) electrons. The number of hydrogen-bond acceptors (Lipinski definition) is 10. The number of ether oxygens (including phenoxy) is 2. The van der Waals surface area contributed by atoms with Gasteiger partial charge in [-0.25, -0.2) is 0 Å². The van der Waals surface area contributed by atoms with Crippen LogP contribution in [-0.2, 0) is 14.3 Å². The first-order valence-corrected chi connectivity index (χ1v) is 31.1. The van der Waals surface area contributed by atoms with Crippen LogP contribution in [0.25, 0.3) is 0 Å². The lowest BCUT2D eigenvalue weighted by molar-refractivity contribution is -0.303. The van der Waals surface area contributed by atoms with Crippen LogP contribution in [0, 0.1) is 0 Å². The summed E-state index contributed by atoms with van der Waals surface area (Å²) in [5.74, 6) is -0.700. The molecule has 0 aromatic rings. The zero-order valence-corrected chi connectivity index (χ0v) is 46.9. The molecule has 0 aromatic carbocycles. The van der Waals surface area contributed by atoms with Gasteiger partial charge in [0.25, 0.3) is 0 Å². The molecular weight excluding hydrogens is 907 g/mol. The highest BCUT2D eigenvalue weighted by atomic mass is 16.7. The average Bonchev–Trinajstić information content (AvgIpc) is 3.38. The van der Waals surface area contributed by atoms with Crippen molar-refractivity contribution in [1.29, 1.82) is 0 Å². The number of nitrogens with one attached hydrogen (secondary N) is 1. The zero-order valence-electron chi connectivity index (χ0n) is 46.9. The second kappa shape index (κ2) is 50.7. The molecule has 1 aliphatic rings. The molecule has 0 aliphatic carbocycles. The number of rotatable bonds is 54. The molecule has 72 heavy (non-hydrogen) atoms. The number of carbonyl (C=O) groups is 1. The third-order valence-electron chi connectivity index (χ3n) is 15.3.